The lowest BCUT2D eigenvalue weighted by molar-refractivity contribution is 0.282. The average Bonchev–Trinajstić information content (AvgIpc) is 2.80. The van der Waals surface area contributed by atoms with Crippen molar-refractivity contribution in [2.75, 3.05) is 14.1 Å². The number of furan rings is 1. The van der Waals surface area contributed by atoms with Crippen molar-refractivity contribution < 1.29 is 4.42 Å². The minimum absolute atomic E-state index is 0.779. The van der Waals surface area contributed by atoms with Crippen LogP contribution in [0.2, 0.25) is 0 Å². The van der Waals surface area contributed by atoms with Crippen LogP contribution >= 0.6 is 0 Å². The van der Waals surface area contributed by atoms with Gasteiger partial charge in [-0.2, -0.15) is 0 Å². The van der Waals surface area contributed by atoms with Gasteiger partial charge in [0.2, 0.25) is 0 Å². The molecule has 2 rings (SSSR count). The summed E-state index contributed by atoms with van der Waals surface area (Å²) in [4.78, 5) is 2.27. The van der Waals surface area contributed by atoms with E-state index >= 15 is 0 Å². The van der Waals surface area contributed by atoms with E-state index in [0.717, 1.165) is 31.2 Å². The Morgan fingerprint density at radius 1 is 1.05 bits per heavy atom. The van der Waals surface area contributed by atoms with Crippen molar-refractivity contribution >= 4 is 0 Å². The highest BCUT2D eigenvalue weighted by molar-refractivity contribution is 5.25. The average molecular weight is 258 g/mol. The molecular formula is C16H22N2O. The second-order valence-electron chi connectivity index (χ2n) is 5.00. The van der Waals surface area contributed by atoms with Crippen LogP contribution in [0.25, 0.3) is 0 Å². The fraction of sp³-hybridized carbons (Fsp3) is 0.375. The lowest BCUT2D eigenvalue weighted by atomic mass is 10.1. The van der Waals surface area contributed by atoms with Gasteiger partial charge in [0, 0.05) is 6.54 Å². The Hall–Kier alpha value is -1.58. The summed E-state index contributed by atoms with van der Waals surface area (Å²) in [5, 5.41) is 3.09. The number of nitrogens with zero attached hydrogens (tertiary/aromatic N) is 1. The summed E-state index contributed by atoms with van der Waals surface area (Å²) < 4.78 is 5.76. The van der Waals surface area contributed by atoms with E-state index in [4.69, 9.17) is 4.42 Å². The Morgan fingerprint density at radius 2 is 1.79 bits per heavy atom. The van der Waals surface area contributed by atoms with Gasteiger partial charge in [0.05, 0.1) is 13.1 Å². The molecule has 0 saturated carbocycles. The van der Waals surface area contributed by atoms with E-state index in [-0.39, 0.29) is 0 Å². The van der Waals surface area contributed by atoms with E-state index in [1.165, 1.54) is 11.1 Å². The van der Waals surface area contributed by atoms with Gasteiger partial charge in [0.15, 0.2) is 0 Å². The van der Waals surface area contributed by atoms with Gasteiger partial charge in [-0.3, -0.25) is 4.90 Å². The minimum atomic E-state index is 0.779. The van der Waals surface area contributed by atoms with E-state index in [0.29, 0.717) is 0 Å². The Labute approximate surface area is 115 Å². The van der Waals surface area contributed by atoms with Crippen molar-refractivity contribution in [1.29, 1.82) is 0 Å². The quantitative estimate of drug-likeness (QED) is 0.863. The Kier molecular flexibility index (Phi) is 4.77. The third-order valence-corrected chi connectivity index (χ3v) is 3.20. The minimum Gasteiger partial charge on any atom is -0.463 e. The molecule has 1 aromatic heterocycles. The largest absolute Gasteiger partial charge is 0.463 e. The molecule has 0 aliphatic heterocycles. The highest BCUT2D eigenvalue weighted by Gasteiger charge is 2.07. The lowest BCUT2D eigenvalue weighted by Crippen LogP contribution is -2.17. The molecule has 3 heteroatoms. The van der Waals surface area contributed by atoms with Crippen LogP contribution in [0.15, 0.2) is 40.8 Å². The van der Waals surface area contributed by atoms with E-state index in [9.17, 15) is 0 Å². The summed E-state index contributed by atoms with van der Waals surface area (Å²) in [5.74, 6) is 2.00. The van der Waals surface area contributed by atoms with Crippen molar-refractivity contribution in [2.24, 2.45) is 0 Å². The summed E-state index contributed by atoms with van der Waals surface area (Å²) in [5.41, 5.74) is 2.71. The Bertz CT molecular complexity index is 519. The summed E-state index contributed by atoms with van der Waals surface area (Å²) in [6, 6.07) is 12.6. The monoisotopic (exact) mass is 258 g/mol. The van der Waals surface area contributed by atoms with Gasteiger partial charge in [-0.05, 0) is 44.3 Å². The first kappa shape index (κ1) is 13.8. The highest BCUT2D eigenvalue weighted by atomic mass is 16.3. The van der Waals surface area contributed by atoms with Gasteiger partial charge in [0.25, 0.3) is 0 Å². The first-order valence-electron chi connectivity index (χ1n) is 6.64. The third-order valence-electron chi connectivity index (χ3n) is 3.20. The standard InChI is InChI=1S/C16H22N2O/c1-13-6-4-5-7-14(13)11-18(3)12-16-9-8-15(19-16)10-17-2/h4-9,17H,10-12H2,1-3H3. The fourth-order valence-electron chi connectivity index (χ4n) is 2.18. The topological polar surface area (TPSA) is 28.4 Å². The molecule has 1 heterocycles. The molecule has 0 aliphatic carbocycles. The number of nitrogens with one attached hydrogen (secondary N) is 1. The molecule has 19 heavy (non-hydrogen) atoms. The molecule has 0 unspecified atom stereocenters. The van der Waals surface area contributed by atoms with E-state index in [1.807, 2.05) is 13.1 Å². The van der Waals surface area contributed by atoms with Gasteiger partial charge in [-0.1, -0.05) is 24.3 Å². The van der Waals surface area contributed by atoms with Gasteiger partial charge in [-0.25, -0.2) is 0 Å². The molecule has 0 bridgehead atoms. The zero-order valence-corrected chi connectivity index (χ0v) is 11.9. The molecular weight excluding hydrogens is 236 g/mol. The molecule has 0 aliphatic rings. The molecule has 1 aromatic carbocycles. The second-order valence-corrected chi connectivity index (χ2v) is 5.00. The van der Waals surface area contributed by atoms with Crippen LogP contribution in [-0.2, 0) is 19.6 Å². The van der Waals surface area contributed by atoms with Crippen LogP contribution in [0.5, 0.6) is 0 Å². The van der Waals surface area contributed by atoms with E-state index in [1.54, 1.807) is 0 Å². The number of aryl methyl sites for hydroxylation is 1. The summed E-state index contributed by atoms with van der Waals surface area (Å²) in [6.45, 7) is 4.70. The van der Waals surface area contributed by atoms with Crippen molar-refractivity contribution in [3.63, 3.8) is 0 Å². The van der Waals surface area contributed by atoms with Crippen LogP contribution in [0.3, 0.4) is 0 Å². The molecule has 102 valence electrons. The van der Waals surface area contributed by atoms with Crippen LogP contribution in [0.4, 0.5) is 0 Å². The van der Waals surface area contributed by atoms with Crippen LogP contribution in [0, 0.1) is 6.92 Å². The van der Waals surface area contributed by atoms with Crippen molar-refractivity contribution in [3.8, 4) is 0 Å². The SMILES string of the molecule is CNCc1ccc(CN(C)Cc2ccccc2C)o1. The third kappa shape index (κ3) is 3.94. The summed E-state index contributed by atoms with van der Waals surface area (Å²) >= 11 is 0. The maximum absolute atomic E-state index is 5.76. The van der Waals surface area contributed by atoms with Crippen LogP contribution < -0.4 is 5.32 Å². The number of hydrogen-bond acceptors (Lipinski definition) is 3. The molecule has 1 N–H and O–H groups in total. The molecule has 3 nitrogen and oxygen atoms in total. The summed E-state index contributed by atoms with van der Waals surface area (Å²) in [6.07, 6.45) is 0. The van der Waals surface area contributed by atoms with Crippen LogP contribution in [0.1, 0.15) is 22.6 Å². The molecule has 0 amide bonds. The zero-order valence-electron chi connectivity index (χ0n) is 11.9. The molecule has 0 atom stereocenters. The number of hydrogen-bond donors (Lipinski definition) is 1. The van der Waals surface area contributed by atoms with Crippen molar-refractivity contribution in [3.05, 3.63) is 59.0 Å². The first-order chi connectivity index (χ1) is 9.19. The zero-order chi connectivity index (χ0) is 13.7. The fourth-order valence-corrected chi connectivity index (χ4v) is 2.18. The molecule has 0 saturated heterocycles. The van der Waals surface area contributed by atoms with Gasteiger partial charge >= 0.3 is 0 Å². The first-order valence-corrected chi connectivity index (χ1v) is 6.64. The molecule has 0 radical (unpaired) electrons. The maximum Gasteiger partial charge on any atom is 0.118 e. The second kappa shape index (κ2) is 6.55. The number of rotatable bonds is 6. The van der Waals surface area contributed by atoms with E-state index < -0.39 is 0 Å². The normalized spacial score (nSPS) is 11.2. The van der Waals surface area contributed by atoms with Crippen molar-refractivity contribution in [1.82, 2.24) is 10.2 Å². The Morgan fingerprint density at radius 3 is 2.53 bits per heavy atom. The van der Waals surface area contributed by atoms with Gasteiger partial charge in [0.1, 0.15) is 11.5 Å². The molecule has 0 spiro atoms. The maximum atomic E-state index is 5.76. The highest BCUT2D eigenvalue weighted by Crippen LogP contribution is 2.13. The Balaban J connectivity index is 1.93. The summed E-state index contributed by atoms with van der Waals surface area (Å²) in [7, 11) is 4.04. The van der Waals surface area contributed by atoms with E-state index in [2.05, 4.69) is 54.5 Å². The van der Waals surface area contributed by atoms with Gasteiger partial charge < -0.3 is 9.73 Å². The molecule has 2 aromatic rings. The predicted molar refractivity (Wildman–Crippen MR) is 77.8 cm³/mol. The predicted octanol–water partition coefficient (Wildman–Crippen LogP) is 2.94. The number of benzene rings is 1. The van der Waals surface area contributed by atoms with Crippen LogP contribution in [-0.4, -0.2) is 19.0 Å². The molecule has 0 fully saturated rings. The van der Waals surface area contributed by atoms with Crippen molar-refractivity contribution in [2.45, 2.75) is 26.6 Å². The smallest absolute Gasteiger partial charge is 0.118 e. The lowest BCUT2D eigenvalue weighted by Gasteiger charge is -2.16. The van der Waals surface area contributed by atoms with Gasteiger partial charge in [-0.15, -0.1) is 0 Å².